The van der Waals surface area contributed by atoms with Crippen LogP contribution in [-0.2, 0) is 0 Å². The van der Waals surface area contributed by atoms with E-state index in [-0.39, 0.29) is 11.7 Å². The SMILES string of the molecule is CC(=O)c1cc(C(=O)Nc2ccc(C)cc2)cc(-c2ccc(C(N)=O)cc2)c1. The monoisotopic (exact) mass is 372 g/mol. The first kappa shape index (κ1) is 19.0. The largest absolute Gasteiger partial charge is 0.366 e. The molecule has 5 nitrogen and oxygen atoms in total. The second-order valence-corrected chi connectivity index (χ2v) is 6.62. The van der Waals surface area contributed by atoms with Crippen LogP contribution in [0.2, 0.25) is 0 Å². The number of nitrogens with two attached hydrogens (primary N) is 1. The summed E-state index contributed by atoms with van der Waals surface area (Å²) in [4.78, 5) is 35.9. The third-order valence-electron chi connectivity index (χ3n) is 4.41. The molecule has 0 heterocycles. The third-order valence-corrected chi connectivity index (χ3v) is 4.41. The topological polar surface area (TPSA) is 89.3 Å². The number of benzene rings is 3. The number of primary amides is 1. The van der Waals surface area contributed by atoms with Crippen LogP contribution >= 0.6 is 0 Å². The van der Waals surface area contributed by atoms with Gasteiger partial charge in [0, 0.05) is 22.4 Å². The second-order valence-electron chi connectivity index (χ2n) is 6.62. The van der Waals surface area contributed by atoms with Crippen molar-refractivity contribution in [2.75, 3.05) is 5.32 Å². The summed E-state index contributed by atoms with van der Waals surface area (Å²) < 4.78 is 0. The molecule has 3 rings (SSSR count). The minimum Gasteiger partial charge on any atom is -0.366 e. The highest BCUT2D eigenvalue weighted by atomic mass is 16.2. The van der Waals surface area contributed by atoms with Gasteiger partial charge in [-0.3, -0.25) is 14.4 Å². The fourth-order valence-corrected chi connectivity index (χ4v) is 2.80. The number of rotatable bonds is 5. The molecule has 0 radical (unpaired) electrons. The van der Waals surface area contributed by atoms with Crippen LogP contribution in [0.25, 0.3) is 11.1 Å². The van der Waals surface area contributed by atoms with Gasteiger partial charge in [-0.2, -0.15) is 0 Å². The van der Waals surface area contributed by atoms with Gasteiger partial charge in [0.15, 0.2) is 5.78 Å². The van der Waals surface area contributed by atoms with E-state index >= 15 is 0 Å². The van der Waals surface area contributed by atoms with Gasteiger partial charge in [0.25, 0.3) is 5.91 Å². The maximum Gasteiger partial charge on any atom is 0.255 e. The molecule has 3 N–H and O–H groups in total. The van der Waals surface area contributed by atoms with Crippen molar-refractivity contribution in [1.29, 1.82) is 0 Å². The molecular formula is C23H20N2O3. The highest BCUT2D eigenvalue weighted by Gasteiger charge is 2.13. The molecule has 0 aliphatic rings. The number of amides is 2. The highest BCUT2D eigenvalue weighted by molar-refractivity contribution is 6.07. The van der Waals surface area contributed by atoms with E-state index in [0.29, 0.717) is 27.9 Å². The van der Waals surface area contributed by atoms with E-state index in [0.717, 1.165) is 11.1 Å². The summed E-state index contributed by atoms with van der Waals surface area (Å²) >= 11 is 0. The van der Waals surface area contributed by atoms with Gasteiger partial charge in [-0.05, 0) is 67.4 Å². The molecule has 0 saturated carbocycles. The van der Waals surface area contributed by atoms with Crippen LogP contribution in [0.1, 0.15) is 43.6 Å². The smallest absolute Gasteiger partial charge is 0.255 e. The quantitative estimate of drug-likeness (QED) is 0.657. The number of carbonyl (C=O) groups excluding carboxylic acids is 3. The molecule has 0 spiro atoms. The summed E-state index contributed by atoms with van der Waals surface area (Å²) in [7, 11) is 0. The summed E-state index contributed by atoms with van der Waals surface area (Å²) in [5.74, 6) is -0.954. The van der Waals surface area contributed by atoms with Crippen molar-refractivity contribution < 1.29 is 14.4 Å². The maximum absolute atomic E-state index is 12.7. The van der Waals surface area contributed by atoms with Crippen LogP contribution in [-0.4, -0.2) is 17.6 Å². The predicted octanol–water partition coefficient (Wildman–Crippen LogP) is 4.22. The van der Waals surface area contributed by atoms with Gasteiger partial charge in [-0.25, -0.2) is 0 Å². The average molecular weight is 372 g/mol. The Labute approximate surface area is 163 Å². The molecule has 0 bridgehead atoms. The molecule has 2 amide bonds. The van der Waals surface area contributed by atoms with Gasteiger partial charge in [-0.15, -0.1) is 0 Å². The zero-order valence-electron chi connectivity index (χ0n) is 15.7. The molecule has 0 aliphatic carbocycles. The van der Waals surface area contributed by atoms with Crippen molar-refractivity contribution in [3.05, 3.63) is 89.0 Å². The van der Waals surface area contributed by atoms with Crippen LogP contribution < -0.4 is 11.1 Å². The van der Waals surface area contributed by atoms with Crippen molar-refractivity contribution in [2.45, 2.75) is 13.8 Å². The summed E-state index contributed by atoms with van der Waals surface area (Å²) in [5.41, 5.74) is 9.74. The summed E-state index contributed by atoms with van der Waals surface area (Å²) in [5, 5.41) is 2.84. The van der Waals surface area contributed by atoms with Crippen LogP contribution in [0.3, 0.4) is 0 Å². The van der Waals surface area contributed by atoms with Crippen molar-refractivity contribution in [1.82, 2.24) is 0 Å². The molecule has 140 valence electrons. The fourth-order valence-electron chi connectivity index (χ4n) is 2.80. The molecule has 0 unspecified atom stereocenters. The van der Waals surface area contributed by atoms with Gasteiger partial charge in [0.1, 0.15) is 0 Å². The summed E-state index contributed by atoms with van der Waals surface area (Å²) in [6, 6.07) is 19.2. The molecule has 3 aromatic rings. The van der Waals surface area contributed by atoms with E-state index in [2.05, 4.69) is 5.32 Å². The van der Waals surface area contributed by atoms with Crippen molar-refractivity contribution in [3.63, 3.8) is 0 Å². The number of aryl methyl sites for hydroxylation is 1. The number of anilines is 1. The number of hydrogen-bond acceptors (Lipinski definition) is 3. The lowest BCUT2D eigenvalue weighted by atomic mass is 9.97. The zero-order valence-corrected chi connectivity index (χ0v) is 15.7. The Bertz CT molecular complexity index is 1050. The highest BCUT2D eigenvalue weighted by Crippen LogP contribution is 2.24. The summed E-state index contributed by atoms with van der Waals surface area (Å²) in [6.45, 7) is 3.43. The number of hydrogen-bond donors (Lipinski definition) is 2. The first-order chi connectivity index (χ1) is 13.3. The van der Waals surface area contributed by atoms with Gasteiger partial charge in [-0.1, -0.05) is 29.8 Å². The Morgan fingerprint density at radius 3 is 1.93 bits per heavy atom. The summed E-state index contributed by atoms with van der Waals surface area (Å²) in [6.07, 6.45) is 0. The number of nitrogens with one attached hydrogen (secondary N) is 1. The molecule has 28 heavy (non-hydrogen) atoms. The van der Waals surface area contributed by atoms with Gasteiger partial charge in [0.05, 0.1) is 0 Å². The van der Waals surface area contributed by atoms with Gasteiger partial charge in [0.2, 0.25) is 5.91 Å². The molecule has 3 aromatic carbocycles. The van der Waals surface area contributed by atoms with E-state index in [1.54, 1.807) is 42.5 Å². The van der Waals surface area contributed by atoms with Crippen molar-refractivity contribution in [3.8, 4) is 11.1 Å². The first-order valence-corrected chi connectivity index (χ1v) is 8.78. The minimum atomic E-state index is -0.512. The van der Waals surface area contributed by atoms with Crippen molar-refractivity contribution >= 4 is 23.3 Å². The van der Waals surface area contributed by atoms with E-state index in [1.807, 2.05) is 31.2 Å². The number of carbonyl (C=O) groups is 3. The van der Waals surface area contributed by atoms with E-state index in [9.17, 15) is 14.4 Å². The van der Waals surface area contributed by atoms with Crippen LogP contribution in [0.15, 0.2) is 66.7 Å². The average Bonchev–Trinajstić information content (AvgIpc) is 2.69. The molecule has 0 aromatic heterocycles. The Hall–Kier alpha value is -3.73. The molecule has 0 atom stereocenters. The van der Waals surface area contributed by atoms with E-state index in [4.69, 9.17) is 5.73 Å². The van der Waals surface area contributed by atoms with Gasteiger partial charge >= 0.3 is 0 Å². The number of ketones is 1. The van der Waals surface area contributed by atoms with Crippen LogP contribution in [0.5, 0.6) is 0 Å². The molecule has 0 aliphatic heterocycles. The minimum absolute atomic E-state index is 0.139. The Kier molecular flexibility index (Phi) is 5.36. The zero-order chi connectivity index (χ0) is 20.3. The van der Waals surface area contributed by atoms with Crippen LogP contribution in [0, 0.1) is 6.92 Å². The molecule has 0 saturated heterocycles. The normalized spacial score (nSPS) is 10.4. The number of Topliss-reactive ketones (excluding diaryl/α,β-unsaturated/α-hetero) is 1. The molecular weight excluding hydrogens is 352 g/mol. The Morgan fingerprint density at radius 1 is 0.750 bits per heavy atom. The predicted molar refractivity (Wildman–Crippen MR) is 110 cm³/mol. The second kappa shape index (κ2) is 7.88. The lowest BCUT2D eigenvalue weighted by Gasteiger charge is -2.10. The van der Waals surface area contributed by atoms with Crippen LogP contribution in [0.4, 0.5) is 5.69 Å². The lowest BCUT2D eigenvalue weighted by molar-refractivity contribution is 0.0994. The third kappa shape index (κ3) is 4.32. The fraction of sp³-hybridized carbons (Fsp3) is 0.0870. The molecule has 5 heteroatoms. The molecule has 0 fully saturated rings. The van der Waals surface area contributed by atoms with Crippen molar-refractivity contribution in [2.24, 2.45) is 5.73 Å². The van der Waals surface area contributed by atoms with E-state index in [1.165, 1.54) is 6.92 Å². The van der Waals surface area contributed by atoms with E-state index < -0.39 is 5.91 Å². The van der Waals surface area contributed by atoms with Gasteiger partial charge < -0.3 is 11.1 Å². The lowest BCUT2D eigenvalue weighted by Crippen LogP contribution is -2.13. The first-order valence-electron chi connectivity index (χ1n) is 8.78. The standard InChI is InChI=1S/C23H20N2O3/c1-14-3-9-21(10-4-14)25-23(28)20-12-18(15(2)26)11-19(13-20)16-5-7-17(8-6-16)22(24)27/h3-13H,1-2H3,(H2,24,27)(H,25,28). The maximum atomic E-state index is 12.7. The Balaban J connectivity index is 1.97. The Morgan fingerprint density at radius 2 is 1.36 bits per heavy atom.